The highest BCUT2D eigenvalue weighted by Gasteiger charge is 2.32. The predicted molar refractivity (Wildman–Crippen MR) is 147 cm³/mol. The average molecular weight is 533 g/mol. The molecule has 6 N–H and O–H groups in total. The largest absolute Gasteiger partial charge is 0.508 e. The summed E-state index contributed by atoms with van der Waals surface area (Å²) < 4.78 is 0. The summed E-state index contributed by atoms with van der Waals surface area (Å²) >= 11 is 0. The minimum atomic E-state index is -1.09. The standard InChI is InChI=1S/C28H32N6O5/c1-19-17-20(14-15-24(19)35)18-33(28(30)32-34(38)39)27(37)23(13-8-16-29)31-26(36)25(21-9-4-2-5-10-21)22-11-6-3-7-12-22/h2-7,9-12,14-15,17,23,25,35H,8,13,16,18,29H2,1H3,(H2,30,32)(H,31,36)/t23-/m0/s1. The molecule has 0 radical (unpaired) electrons. The number of hydrazone groups is 1. The molecule has 1 atom stereocenters. The van der Waals surface area contributed by atoms with Crippen LogP contribution in [-0.2, 0) is 16.1 Å². The smallest absolute Gasteiger partial charge is 0.275 e. The van der Waals surface area contributed by atoms with E-state index >= 15 is 0 Å². The van der Waals surface area contributed by atoms with E-state index in [-0.39, 0.29) is 25.3 Å². The van der Waals surface area contributed by atoms with Crippen molar-refractivity contribution in [3.05, 3.63) is 111 Å². The Kier molecular flexibility index (Phi) is 10.1. The maximum absolute atomic E-state index is 13.8. The number of rotatable bonds is 11. The van der Waals surface area contributed by atoms with E-state index < -0.39 is 34.8 Å². The highest BCUT2D eigenvalue weighted by Crippen LogP contribution is 2.25. The molecule has 0 aliphatic carbocycles. The number of carbonyl (C=O) groups excluding carboxylic acids is 2. The van der Waals surface area contributed by atoms with Crippen LogP contribution in [0.4, 0.5) is 0 Å². The maximum Gasteiger partial charge on any atom is 0.275 e. The van der Waals surface area contributed by atoms with Gasteiger partial charge in [-0.3, -0.25) is 14.5 Å². The third-order valence-electron chi connectivity index (χ3n) is 6.17. The fourth-order valence-corrected chi connectivity index (χ4v) is 4.22. The van der Waals surface area contributed by atoms with Gasteiger partial charge in [-0.15, -0.1) is 0 Å². The first-order valence-corrected chi connectivity index (χ1v) is 12.4. The fourth-order valence-electron chi connectivity index (χ4n) is 4.22. The second-order valence-corrected chi connectivity index (χ2v) is 8.99. The van der Waals surface area contributed by atoms with Gasteiger partial charge in [0.05, 0.1) is 12.5 Å². The quantitative estimate of drug-likeness (QED) is 0.127. The van der Waals surface area contributed by atoms with Crippen LogP contribution in [0.1, 0.15) is 41.0 Å². The SMILES string of the molecule is Cc1cc(CN(C(=O)[C@H](CCCN)NC(=O)C(c2ccccc2)c2ccccc2)C(N)=N[N+](=O)[O-])ccc1O. The van der Waals surface area contributed by atoms with Crippen molar-refractivity contribution in [3.63, 3.8) is 0 Å². The van der Waals surface area contributed by atoms with E-state index in [0.717, 1.165) is 16.0 Å². The summed E-state index contributed by atoms with van der Waals surface area (Å²) in [6.07, 6.45) is 0.574. The lowest BCUT2D eigenvalue weighted by Crippen LogP contribution is -2.53. The van der Waals surface area contributed by atoms with E-state index in [4.69, 9.17) is 11.5 Å². The van der Waals surface area contributed by atoms with Crippen molar-refractivity contribution in [2.24, 2.45) is 16.6 Å². The number of nitro groups is 1. The van der Waals surface area contributed by atoms with Gasteiger partial charge < -0.3 is 21.9 Å². The lowest BCUT2D eigenvalue weighted by molar-refractivity contribution is -0.485. The van der Waals surface area contributed by atoms with Crippen molar-refractivity contribution in [1.82, 2.24) is 10.2 Å². The molecule has 0 unspecified atom stereocenters. The average Bonchev–Trinajstić information content (AvgIpc) is 2.92. The van der Waals surface area contributed by atoms with E-state index in [1.165, 1.54) is 6.07 Å². The summed E-state index contributed by atoms with van der Waals surface area (Å²) in [4.78, 5) is 39.6. The number of phenols is 1. The van der Waals surface area contributed by atoms with E-state index in [1.807, 2.05) is 60.7 Å². The number of hydrogen-bond acceptors (Lipinski definition) is 6. The van der Waals surface area contributed by atoms with Gasteiger partial charge in [-0.2, -0.15) is 0 Å². The van der Waals surface area contributed by atoms with Crippen molar-refractivity contribution < 1.29 is 19.7 Å². The first kappa shape index (κ1) is 28.8. The number of hydrogen-bond donors (Lipinski definition) is 4. The number of amides is 2. The molecule has 3 aromatic carbocycles. The molecule has 0 fully saturated rings. The number of phenolic OH excluding ortho intramolecular Hbond substituents is 1. The second-order valence-electron chi connectivity index (χ2n) is 8.99. The number of nitrogens with one attached hydrogen (secondary N) is 1. The van der Waals surface area contributed by atoms with Crippen molar-refractivity contribution in [2.45, 2.75) is 38.3 Å². The molecule has 3 rings (SSSR count). The van der Waals surface area contributed by atoms with Gasteiger partial charge in [-0.1, -0.05) is 72.8 Å². The van der Waals surface area contributed by atoms with Crippen LogP contribution in [0, 0.1) is 17.0 Å². The molecule has 0 saturated heterocycles. The molecule has 0 spiro atoms. The Hall–Kier alpha value is -4.77. The molecule has 11 heteroatoms. The number of benzene rings is 3. The molecule has 0 heterocycles. The molecule has 0 aromatic heterocycles. The first-order chi connectivity index (χ1) is 18.7. The third kappa shape index (κ3) is 7.86. The third-order valence-corrected chi connectivity index (χ3v) is 6.17. The van der Waals surface area contributed by atoms with E-state index in [2.05, 4.69) is 10.4 Å². The molecular weight excluding hydrogens is 500 g/mol. The minimum Gasteiger partial charge on any atom is -0.508 e. The summed E-state index contributed by atoms with van der Waals surface area (Å²) in [6, 6.07) is 21.9. The summed E-state index contributed by atoms with van der Waals surface area (Å²) in [6.45, 7) is 1.77. The zero-order valence-electron chi connectivity index (χ0n) is 21.6. The lowest BCUT2D eigenvalue weighted by Gasteiger charge is -2.28. The van der Waals surface area contributed by atoms with Gasteiger partial charge in [0.1, 0.15) is 16.9 Å². The zero-order chi connectivity index (χ0) is 28.4. The Balaban J connectivity index is 1.97. The second kappa shape index (κ2) is 13.7. The van der Waals surface area contributed by atoms with Crippen molar-refractivity contribution >= 4 is 17.8 Å². The van der Waals surface area contributed by atoms with Gasteiger partial charge in [0, 0.05) is 0 Å². The molecular formula is C28H32N6O5. The van der Waals surface area contributed by atoms with Gasteiger partial charge in [0.2, 0.25) is 5.91 Å². The number of nitrogens with two attached hydrogens (primary N) is 2. The molecule has 39 heavy (non-hydrogen) atoms. The van der Waals surface area contributed by atoms with Crippen LogP contribution in [-0.4, -0.2) is 45.4 Å². The Morgan fingerprint density at radius 1 is 1.05 bits per heavy atom. The van der Waals surface area contributed by atoms with Crippen LogP contribution in [0.15, 0.2) is 84.0 Å². The van der Waals surface area contributed by atoms with Gasteiger partial charge in [-0.25, -0.2) is 10.1 Å². The van der Waals surface area contributed by atoms with Crippen molar-refractivity contribution in [3.8, 4) is 5.75 Å². The van der Waals surface area contributed by atoms with Crippen LogP contribution in [0.2, 0.25) is 0 Å². The summed E-state index contributed by atoms with van der Waals surface area (Å²) in [5.41, 5.74) is 14.2. The number of carbonyl (C=O) groups is 2. The molecule has 2 amide bonds. The Bertz CT molecular complexity index is 1280. The lowest BCUT2D eigenvalue weighted by atomic mass is 9.90. The molecule has 3 aromatic rings. The monoisotopic (exact) mass is 532 g/mol. The molecule has 0 saturated carbocycles. The highest BCUT2D eigenvalue weighted by molar-refractivity contribution is 6.00. The van der Waals surface area contributed by atoms with Crippen LogP contribution in [0.3, 0.4) is 0 Å². The fraction of sp³-hybridized carbons (Fsp3) is 0.250. The van der Waals surface area contributed by atoms with Crippen LogP contribution < -0.4 is 16.8 Å². The molecule has 204 valence electrons. The molecule has 0 aliphatic heterocycles. The number of nitrogens with zero attached hydrogens (tertiary/aromatic N) is 3. The molecule has 0 bridgehead atoms. The zero-order valence-corrected chi connectivity index (χ0v) is 21.6. The first-order valence-electron chi connectivity index (χ1n) is 12.4. The topological polar surface area (TPSA) is 177 Å². The summed E-state index contributed by atoms with van der Waals surface area (Å²) in [5, 5.41) is 25.9. The molecule has 0 aliphatic rings. The van der Waals surface area contributed by atoms with E-state index in [1.54, 1.807) is 19.1 Å². The van der Waals surface area contributed by atoms with Gasteiger partial charge in [-0.05, 0) is 54.6 Å². The highest BCUT2D eigenvalue weighted by atomic mass is 16.7. The normalized spacial score (nSPS) is 12.1. The Morgan fingerprint density at radius 2 is 1.64 bits per heavy atom. The van der Waals surface area contributed by atoms with Gasteiger partial charge >= 0.3 is 0 Å². The van der Waals surface area contributed by atoms with Crippen molar-refractivity contribution in [2.75, 3.05) is 6.54 Å². The van der Waals surface area contributed by atoms with E-state index in [9.17, 15) is 24.8 Å². The number of aryl methyl sites for hydroxylation is 1. The van der Waals surface area contributed by atoms with Gasteiger partial charge in [0.25, 0.3) is 11.9 Å². The predicted octanol–water partition coefficient (Wildman–Crippen LogP) is 2.59. The van der Waals surface area contributed by atoms with Crippen LogP contribution in [0.5, 0.6) is 5.75 Å². The van der Waals surface area contributed by atoms with Crippen LogP contribution in [0.25, 0.3) is 0 Å². The number of guanidine groups is 1. The Morgan fingerprint density at radius 3 is 2.15 bits per heavy atom. The maximum atomic E-state index is 13.8. The number of aromatic hydroxyl groups is 1. The van der Waals surface area contributed by atoms with Crippen LogP contribution >= 0.6 is 0 Å². The summed E-state index contributed by atoms with van der Waals surface area (Å²) in [7, 11) is 0. The van der Waals surface area contributed by atoms with E-state index in [0.29, 0.717) is 17.5 Å². The summed E-state index contributed by atoms with van der Waals surface area (Å²) in [5.74, 6) is -2.38. The molecule has 11 nitrogen and oxygen atoms in total. The van der Waals surface area contributed by atoms with Crippen molar-refractivity contribution in [1.29, 1.82) is 0 Å². The minimum absolute atomic E-state index is 0.0597. The van der Waals surface area contributed by atoms with Gasteiger partial charge in [0.15, 0.2) is 5.03 Å². The Labute approximate surface area is 226 Å².